The van der Waals surface area contributed by atoms with E-state index in [1.807, 2.05) is 24.3 Å². The minimum Gasteiger partial charge on any atom is -0.481 e. The van der Waals surface area contributed by atoms with Gasteiger partial charge in [0.2, 0.25) is 0 Å². The number of hydrogen-bond donors (Lipinski definition) is 2. The number of urea groups is 1. The predicted octanol–water partition coefficient (Wildman–Crippen LogP) is 1.25. The van der Waals surface area contributed by atoms with Crippen LogP contribution in [0.15, 0.2) is 24.3 Å². The molecule has 6 heteroatoms. The highest BCUT2D eigenvalue weighted by atomic mass is 16.4. The van der Waals surface area contributed by atoms with Gasteiger partial charge in [-0.3, -0.25) is 15.1 Å². The van der Waals surface area contributed by atoms with Crippen molar-refractivity contribution in [2.75, 3.05) is 25.5 Å². The number of carbonyl (C=O) groups excluding carboxylic acids is 1. The zero-order valence-electron chi connectivity index (χ0n) is 11.0. The molecule has 0 saturated carbocycles. The number of benzene rings is 1. The summed E-state index contributed by atoms with van der Waals surface area (Å²) in [6, 6.07) is 7.18. The first kappa shape index (κ1) is 13.4. The summed E-state index contributed by atoms with van der Waals surface area (Å²) < 4.78 is 0. The number of hydrazine groups is 1. The number of carboxylic acids is 1. The second-order valence-electron chi connectivity index (χ2n) is 4.78. The maximum Gasteiger partial charge on any atom is 0.336 e. The molecule has 0 saturated heterocycles. The summed E-state index contributed by atoms with van der Waals surface area (Å²) in [5.74, 6) is -1.00. The van der Waals surface area contributed by atoms with Crippen LogP contribution in [-0.2, 0) is 4.79 Å². The Bertz CT molecular complexity index is 502. The van der Waals surface area contributed by atoms with Gasteiger partial charge in [-0.1, -0.05) is 18.2 Å². The Morgan fingerprint density at radius 1 is 1.42 bits per heavy atom. The molecule has 0 aliphatic carbocycles. The molecule has 1 aromatic carbocycles. The first-order chi connectivity index (χ1) is 8.99. The Morgan fingerprint density at radius 2 is 2.11 bits per heavy atom. The van der Waals surface area contributed by atoms with Crippen molar-refractivity contribution in [2.45, 2.75) is 12.3 Å². The Hall–Kier alpha value is -2.08. The number of rotatable bonds is 3. The molecule has 6 nitrogen and oxygen atoms in total. The maximum absolute atomic E-state index is 12.1. The molecule has 0 bridgehead atoms. The Kier molecular flexibility index (Phi) is 3.71. The van der Waals surface area contributed by atoms with Gasteiger partial charge in [-0.2, -0.15) is 0 Å². The number of anilines is 1. The molecule has 2 rings (SSSR count). The lowest BCUT2D eigenvalue weighted by Gasteiger charge is -2.21. The first-order valence-electron chi connectivity index (χ1n) is 6.05. The number of hydrogen-bond acceptors (Lipinski definition) is 3. The highest BCUT2D eigenvalue weighted by Crippen LogP contribution is 2.37. The smallest absolute Gasteiger partial charge is 0.336 e. The molecule has 1 unspecified atom stereocenters. The highest BCUT2D eigenvalue weighted by molar-refractivity contribution is 5.94. The minimum absolute atomic E-state index is 0.0305. The van der Waals surface area contributed by atoms with Crippen LogP contribution in [0.2, 0.25) is 0 Å². The highest BCUT2D eigenvalue weighted by Gasteiger charge is 2.33. The summed E-state index contributed by atoms with van der Waals surface area (Å²) in [5, 5.41) is 10.5. The molecule has 2 N–H and O–H groups in total. The number of carboxylic acid groups (broad SMARTS) is 1. The molecule has 1 heterocycles. The molecule has 102 valence electrons. The molecule has 19 heavy (non-hydrogen) atoms. The van der Waals surface area contributed by atoms with E-state index in [1.54, 1.807) is 24.0 Å². The molecule has 1 aliphatic heterocycles. The fraction of sp³-hybridized carbons (Fsp3) is 0.385. The van der Waals surface area contributed by atoms with E-state index in [4.69, 9.17) is 5.11 Å². The molecule has 0 radical (unpaired) electrons. The van der Waals surface area contributed by atoms with Crippen molar-refractivity contribution in [3.8, 4) is 0 Å². The Balaban J connectivity index is 2.24. The van der Waals surface area contributed by atoms with Crippen molar-refractivity contribution in [2.24, 2.45) is 0 Å². The third-order valence-corrected chi connectivity index (χ3v) is 3.06. The van der Waals surface area contributed by atoms with Gasteiger partial charge in [0.1, 0.15) is 0 Å². The van der Waals surface area contributed by atoms with Crippen LogP contribution in [0, 0.1) is 0 Å². The topological polar surface area (TPSA) is 72.9 Å². The lowest BCUT2D eigenvalue weighted by molar-refractivity contribution is -0.137. The van der Waals surface area contributed by atoms with Gasteiger partial charge in [0, 0.05) is 32.2 Å². The number of nitrogens with zero attached hydrogens (tertiary/aromatic N) is 2. The van der Waals surface area contributed by atoms with Gasteiger partial charge in [0.25, 0.3) is 0 Å². The second kappa shape index (κ2) is 5.27. The Morgan fingerprint density at radius 3 is 2.74 bits per heavy atom. The van der Waals surface area contributed by atoms with E-state index in [0.29, 0.717) is 6.54 Å². The first-order valence-corrected chi connectivity index (χ1v) is 6.05. The number of aliphatic carboxylic acids is 1. The van der Waals surface area contributed by atoms with E-state index < -0.39 is 5.97 Å². The average Bonchev–Trinajstić information content (AvgIpc) is 2.67. The number of para-hydroxylation sites is 1. The largest absolute Gasteiger partial charge is 0.481 e. The summed E-state index contributed by atoms with van der Waals surface area (Å²) in [6.07, 6.45) is 0.0305. The number of amides is 2. The Labute approximate surface area is 111 Å². The molecule has 0 fully saturated rings. The fourth-order valence-electron chi connectivity index (χ4n) is 2.32. The summed E-state index contributed by atoms with van der Waals surface area (Å²) in [7, 11) is 3.46. The molecule has 0 spiro atoms. The molecular formula is C13H17N3O3. The predicted molar refractivity (Wildman–Crippen MR) is 71.0 cm³/mol. The van der Waals surface area contributed by atoms with E-state index in [0.717, 1.165) is 11.3 Å². The van der Waals surface area contributed by atoms with Gasteiger partial charge in [0.05, 0.1) is 6.42 Å². The quantitative estimate of drug-likeness (QED) is 0.805. The van der Waals surface area contributed by atoms with E-state index >= 15 is 0 Å². The van der Waals surface area contributed by atoms with Crippen LogP contribution >= 0.6 is 0 Å². The third kappa shape index (κ3) is 2.85. The van der Waals surface area contributed by atoms with Crippen molar-refractivity contribution >= 4 is 17.7 Å². The molecule has 0 aromatic heterocycles. The average molecular weight is 263 g/mol. The van der Waals surface area contributed by atoms with E-state index in [2.05, 4.69) is 5.43 Å². The minimum atomic E-state index is -0.852. The normalized spacial score (nSPS) is 17.4. The maximum atomic E-state index is 12.1. The van der Waals surface area contributed by atoms with Crippen molar-refractivity contribution < 1.29 is 14.7 Å². The zero-order chi connectivity index (χ0) is 14.0. The van der Waals surface area contributed by atoms with Crippen LogP contribution in [0.1, 0.15) is 17.9 Å². The van der Waals surface area contributed by atoms with E-state index in [9.17, 15) is 9.59 Å². The monoisotopic (exact) mass is 263 g/mol. The SMILES string of the molecule is CN(C)NC(=O)N1CC(CC(=O)O)c2ccccc21. The standard InChI is InChI=1S/C13H17N3O3/c1-15(2)14-13(19)16-8-9(7-12(17)18)10-5-3-4-6-11(10)16/h3-6,9H,7-8H2,1-2H3,(H,14,19)(H,17,18). The summed E-state index contributed by atoms with van der Waals surface area (Å²) >= 11 is 0. The van der Waals surface area contributed by atoms with Crippen molar-refractivity contribution in [3.05, 3.63) is 29.8 Å². The summed E-state index contributed by atoms with van der Waals surface area (Å²) in [5.41, 5.74) is 4.37. The van der Waals surface area contributed by atoms with Gasteiger partial charge in [0.15, 0.2) is 0 Å². The van der Waals surface area contributed by atoms with Crippen LogP contribution in [-0.4, -0.2) is 42.8 Å². The number of fused-ring (bicyclic) bond motifs is 1. The van der Waals surface area contributed by atoms with Crippen LogP contribution in [0.4, 0.5) is 10.5 Å². The lowest BCUT2D eigenvalue weighted by atomic mass is 9.98. The van der Waals surface area contributed by atoms with Crippen molar-refractivity contribution in [3.63, 3.8) is 0 Å². The molecule has 1 aliphatic rings. The summed E-state index contributed by atoms with van der Waals surface area (Å²) in [6.45, 7) is 0.394. The van der Waals surface area contributed by atoms with Crippen LogP contribution in [0.3, 0.4) is 0 Å². The number of carbonyl (C=O) groups is 2. The van der Waals surface area contributed by atoms with Crippen LogP contribution < -0.4 is 10.3 Å². The van der Waals surface area contributed by atoms with Crippen LogP contribution in [0.5, 0.6) is 0 Å². The fourth-order valence-corrected chi connectivity index (χ4v) is 2.32. The summed E-state index contributed by atoms with van der Waals surface area (Å²) in [4.78, 5) is 24.6. The molecular weight excluding hydrogens is 246 g/mol. The second-order valence-corrected chi connectivity index (χ2v) is 4.78. The molecule has 1 aromatic rings. The zero-order valence-corrected chi connectivity index (χ0v) is 11.0. The lowest BCUT2D eigenvalue weighted by Crippen LogP contribution is -2.45. The van der Waals surface area contributed by atoms with Gasteiger partial charge >= 0.3 is 12.0 Å². The van der Waals surface area contributed by atoms with E-state index in [1.165, 1.54) is 0 Å². The third-order valence-electron chi connectivity index (χ3n) is 3.06. The van der Waals surface area contributed by atoms with Crippen molar-refractivity contribution in [1.82, 2.24) is 10.4 Å². The van der Waals surface area contributed by atoms with Gasteiger partial charge < -0.3 is 5.11 Å². The molecule has 1 atom stereocenters. The van der Waals surface area contributed by atoms with Crippen molar-refractivity contribution in [1.29, 1.82) is 0 Å². The molecule has 2 amide bonds. The van der Waals surface area contributed by atoms with E-state index in [-0.39, 0.29) is 18.4 Å². The van der Waals surface area contributed by atoms with Gasteiger partial charge in [-0.15, -0.1) is 0 Å². The number of nitrogens with one attached hydrogen (secondary N) is 1. The van der Waals surface area contributed by atoms with Gasteiger partial charge in [-0.25, -0.2) is 9.80 Å². The van der Waals surface area contributed by atoms with Crippen LogP contribution in [0.25, 0.3) is 0 Å². The van der Waals surface area contributed by atoms with Gasteiger partial charge in [-0.05, 0) is 11.6 Å².